The van der Waals surface area contributed by atoms with E-state index in [-0.39, 0.29) is 0 Å². The first-order chi connectivity index (χ1) is 8.15. The van der Waals surface area contributed by atoms with E-state index in [1.807, 2.05) is 0 Å². The number of hydrogen-bond acceptors (Lipinski definition) is 1. The Balaban J connectivity index is 1.84. The first kappa shape index (κ1) is 12.6. The molecular formula is C16H25N. The molecule has 0 unspecified atom stereocenters. The van der Waals surface area contributed by atoms with Gasteiger partial charge in [0.25, 0.3) is 0 Å². The fourth-order valence-corrected chi connectivity index (χ4v) is 2.92. The highest BCUT2D eigenvalue weighted by Crippen LogP contribution is 2.29. The fourth-order valence-electron chi connectivity index (χ4n) is 2.92. The van der Waals surface area contributed by atoms with E-state index in [1.165, 1.54) is 43.2 Å². The van der Waals surface area contributed by atoms with Crippen molar-refractivity contribution in [2.24, 2.45) is 5.92 Å². The van der Waals surface area contributed by atoms with Gasteiger partial charge in [0, 0.05) is 6.04 Å². The van der Waals surface area contributed by atoms with Gasteiger partial charge in [0.1, 0.15) is 0 Å². The van der Waals surface area contributed by atoms with E-state index in [0.29, 0.717) is 0 Å². The molecule has 0 aromatic heterocycles. The molecule has 94 valence electrons. The molecule has 0 N–H and O–H groups in total. The molecule has 1 nitrogen and oxygen atoms in total. The van der Waals surface area contributed by atoms with E-state index in [1.54, 1.807) is 0 Å². The van der Waals surface area contributed by atoms with Crippen molar-refractivity contribution in [3.63, 3.8) is 0 Å². The van der Waals surface area contributed by atoms with Crippen LogP contribution in [0.15, 0.2) is 24.3 Å². The Bertz CT molecular complexity index is 331. The second kappa shape index (κ2) is 5.68. The lowest BCUT2D eigenvalue weighted by Gasteiger charge is -2.32. The van der Waals surface area contributed by atoms with Gasteiger partial charge in [-0.15, -0.1) is 0 Å². The third-order valence-electron chi connectivity index (χ3n) is 4.19. The molecule has 0 heterocycles. The van der Waals surface area contributed by atoms with Crippen LogP contribution in [0.3, 0.4) is 0 Å². The highest BCUT2D eigenvalue weighted by molar-refractivity contribution is 5.21. The Hall–Kier alpha value is -0.820. The van der Waals surface area contributed by atoms with Crippen LogP contribution >= 0.6 is 0 Å². The molecule has 0 amide bonds. The van der Waals surface area contributed by atoms with Gasteiger partial charge in [0.05, 0.1) is 0 Å². The van der Waals surface area contributed by atoms with Crippen molar-refractivity contribution in [1.29, 1.82) is 0 Å². The number of benzene rings is 1. The van der Waals surface area contributed by atoms with E-state index in [0.717, 1.165) is 12.0 Å². The van der Waals surface area contributed by atoms with Gasteiger partial charge in [-0.1, -0.05) is 29.8 Å². The smallest absolute Gasteiger partial charge is 0.00893 e. The average Bonchev–Trinajstić information content (AvgIpc) is 2.33. The van der Waals surface area contributed by atoms with Gasteiger partial charge >= 0.3 is 0 Å². The molecule has 1 aromatic rings. The van der Waals surface area contributed by atoms with E-state index >= 15 is 0 Å². The molecule has 2 rings (SSSR count). The number of aryl methyl sites for hydroxylation is 1. The highest BCUT2D eigenvalue weighted by atomic mass is 15.1. The average molecular weight is 231 g/mol. The molecule has 1 saturated carbocycles. The van der Waals surface area contributed by atoms with Gasteiger partial charge in [-0.3, -0.25) is 0 Å². The first-order valence-electron chi connectivity index (χ1n) is 6.87. The molecule has 0 bridgehead atoms. The zero-order valence-electron chi connectivity index (χ0n) is 11.4. The molecule has 0 aliphatic heterocycles. The maximum atomic E-state index is 2.39. The SMILES string of the molecule is Cc1ccc(CC2CCC(N(C)C)CC2)cc1. The zero-order chi connectivity index (χ0) is 12.3. The number of hydrogen-bond donors (Lipinski definition) is 0. The summed E-state index contributed by atoms with van der Waals surface area (Å²) in [6, 6.07) is 9.90. The summed E-state index contributed by atoms with van der Waals surface area (Å²) in [5.41, 5.74) is 2.88. The third kappa shape index (κ3) is 3.57. The van der Waals surface area contributed by atoms with Gasteiger partial charge in [-0.25, -0.2) is 0 Å². The summed E-state index contributed by atoms with van der Waals surface area (Å²) in [6.07, 6.45) is 6.83. The summed E-state index contributed by atoms with van der Waals surface area (Å²) in [6.45, 7) is 2.16. The van der Waals surface area contributed by atoms with Crippen LogP contribution in [0.5, 0.6) is 0 Å². The van der Waals surface area contributed by atoms with Gasteiger partial charge < -0.3 is 4.90 Å². The summed E-state index contributed by atoms with van der Waals surface area (Å²) in [4.78, 5) is 2.39. The summed E-state index contributed by atoms with van der Waals surface area (Å²) in [7, 11) is 4.43. The van der Waals surface area contributed by atoms with Crippen molar-refractivity contribution in [2.45, 2.75) is 45.1 Å². The molecule has 1 aromatic carbocycles. The molecule has 0 spiro atoms. The van der Waals surface area contributed by atoms with Crippen LogP contribution in [-0.4, -0.2) is 25.0 Å². The Morgan fingerprint density at radius 1 is 1.00 bits per heavy atom. The number of nitrogens with zero attached hydrogens (tertiary/aromatic N) is 1. The largest absolute Gasteiger partial charge is 0.306 e. The van der Waals surface area contributed by atoms with Crippen molar-refractivity contribution in [1.82, 2.24) is 4.90 Å². The predicted octanol–water partition coefficient (Wildman–Crippen LogP) is 3.66. The quantitative estimate of drug-likeness (QED) is 0.767. The maximum Gasteiger partial charge on any atom is 0.00893 e. The minimum atomic E-state index is 0.823. The van der Waals surface area contributed by atoms with E-state index < -0.39 is 0 Å². The van der Waals surface area contributed by atoms with Crippen molar-refractivity contribution >= 4 is 0 Å². The van der Waals surface area contributed by atoms with Gasteiger partial charge in [-0.2, -0.15) is 0 Å². The monoisotopic (exact) mass is 231 g/mol. The van der Waals surface area contributed by atoms with Gasteiger partial charge in [-0.05, 0) is 64.6 Å². The lowest BCUT2D eigenvalue weighted by Crippen LogP contribution is -2.32. The van der Waals surface area contributed by atoms with Crippen molar-refractivity contribution < 1.29 is 0 Å². The molecule has 0 atom stereocenters. The standard InChI is InChI=1S/C16H25N/c1-13-4-6-14(7-5-13)12-15-8-10-16(11-9-15)17(2)3/h4-7,15-16H,8-12H2,1-3H3. The van der Waals surface area contributed by atoms with Crippen molar-refractivity contribution in [3.8, 4) is 0 Å². The maximum absolute atomic E-state index is 2.39. The van der Waals surface area contributed by atoms with Crippen molar-refractivity contribution in [2.75, 3.05) is 14.1 Å². The van der Waals surface area contributed by atoms with Crippen LogP contribution < -0.4 is 0 Å². The molecule has 1 aliphatic rings. The van der Waals surface area contributed by atoms with Gasteiger partial charge in [0.2, 0.25) is 0 Å². The Kier molecular flexibility index (Phi) is 4.22. The second-order valence-electron chi connectivity index (χ2n) is 5.83. The van der Waals surface area contributed by atoms with Crippen LogP contribution in [0.25, 0.3) is 0 Å². The number of rotatable bonds is 3. The minimum absolute atomic E-state index is 0.823. The van der Waals surface area contributed by atoms with E-state index in [4.69, 9.17) is 0 Å². The van der Waals surface area contributed by atoms with Crippen molar-refractivity contribution in [3.05, 3.63) is 35.4 Å². The molecule has 17 heavy (non-hydrogen) atoms. The van der Waals surface area contributed by atoms with Crippen LogP contribution in [0.1, 0.15) is 36.8 Å². The Morgan fingerprint density at radius 3 is 2.12 bits per heavy atom. The molecule has 0 saturated heterocycles. The van der Waals surface area contributed by atoms with Crippen LogP contribution in [-0.2, 0) is 6.42 Å². The van der Waals surface area contributed by atoms with E-state index in [2.05, 4.69) is 50.2 Å². The van der Waals surface area contributed by atoms with E-state index in [9.17, 15) is 0 Å². The lowest BCUT2D eigenvalue weighted by atomic mass is 9.82. The molecule has 1 heteroatoms. The van der Waals surface area contributed by atoms with Gasteiger partial charge in [0.15, 0.2) is 0 Å². The summed E-state index contributed by atoms with van der Waals surface area (Å²) in [5.74, 6) is 0.911. The summed E-state index contributed by atoms with van der Waals surface area (Å²) < 4.78 is 0. The topological polar surface area (TPSA) is 3.24 Å². The van der Waals surface area contributed by atoms with Crippen LogP contribution in [0.2, 0.25) is 0 Å². The molecule has 1 aliphatic carbocycles. The summed E-state index contributed by atoms with van der Waals surface area (Å²) >= 11 is 0. The first-order valence-corrected chi connectivity index (χ1v) is 6.87. The predicted molar refractivity (Wildman–Crippen MR) is 74.3 cm³/mol. The Morgan fingerprint density at radius 2 is 1.59 bits per heavy atom. The lowest BCUT2D eigenvalue weighted by molar-refractivity contribution is 0.193. The van der Waals surface area contributed by atoms with Crippen LogP contribution in [0, 0.1) is 12.8 Å². The molecular weight excluding hydrogens is 206 g/mol. The molecule has 0 radical (unpaired) electrons. The van der Waals surface area contributed by atoms with Crippen LogP contribution in [0.4, 0.5) is 0 Å². The highest BCUT2D eigenvalue weighted by Gasteiger charge is 2.22. The zero-order valence-corrected chi connectivity index (χ0v) is 11.4. The third-order valence-corrected chi connectivity index (χ3v) is 4.19. The normalized spacial score (nSPS) is 25.2. The fraction of sp³-hybridized carbons (Fsp3) is 0.625. The minimum Gasteiger partial charge on any atom is -0.306 e. The summed E-state index contributed by atoms with van der Waals surface area (Å²) in [5, 5.41) is 0. The Labute approximate surface area is 106 Å². The molecule has 1 fully saturated rings. The second-order valence-corrected chi connectivity index (χ2v) is 5.83.